The van der Waals surface area contributed by atoms with Crippen LogP contribution in [0.25, 0.3) is 0 Å². The van der Waals surface area contributed by atoms with Crippen LogP contribution in [0, 0.1) is 11.3 Å². The molecule has 0 saturated carbocycles. The fourth-order valence-corrected chi connectivity index (χ4v) is 5.43. The summed E-state index contributed by atoms with van der Waals surface area (Å²) in [5.41, 5.74) is 4.77. The molecule has 1 spiro atoms. The Balaban J connectivity index is 2.17. The van der Waals surface area contributed by atoms with Gasteiger partial charge in [-0.3, -0.25) is 4.79 Å². The molecule has 0 bridgehead atoms. The van der Waals surface area contributed by atoms with E-state index in [0.717, 1.165) is 0 Å². The van der Waals surface area contributed by atoms with Crippen LogP contribution < -0.4 is 11.1 Å². The summed E-state index contributed by atoms with van der Waals surface area (Å²) in [4.78, 5) is 12.7. The number of carbonyl (C=O) groups is 1. The number of ether oxygens (including phenoxy) is 1. The van der Waals surface area contributed by atoms with Crippen LogP contribution >= 0.6 is 0 Å². The number of nitriles is 1. The number of fused-ring (bicyclic) bond motifs is 3. The van der Waals surface area contributed by atoms with E-state index in [1.54, 1.807) is 24.3 Å². The van der Waals surface area contributed by atoms with Gasteiger partial charge in [0.2, 0.25) is 11.8 Å². The van der Waals surface area contributed by atoms with Gasteiger partial charge in [-0.25, -0.2) is 8.42 Å². The van der Waals surface area contributed by atoms with Gasteiger partial charge in [-0.05, 0) is 6.07 Å². The summed E-state index contributed by atoms with van der Waals surface area (Å²) in [6.45, 7) is 0. The first-order valence-electron chi connectivity index (χ1n) is 6.88. The zero-order valence-corrected chi connectivity index (χ0v) is 12.6. The van der Waals surface area contributed by atoms with Crippen molar-refractivity contribution in [1.29, 1.82) is 5.26 Å². The number of benzene rings is 1. The van der Waals surface area contributed by atoms with Gasteiger partial charge in [-0.1, -0.05) is 18.2 Å². The summed E-state index contributed by atoms with van der Waals surface area (Å²) in [5.74, 6) is -0.844. The van der Waals surface area contributed by atoms with Crippen LogP contribution in [0.1, 0.15) is 12.0 Å². The maximum Gasteiger partial charge on any atom is 0.245 e. The molecule has 0 radical (unpaired) electrons. The largest absolute Gasteiger partial charge is 0.444 e. The Hall–Kier alpha value is -2.79. The van der Waals surface area contributed by atoms with Crippen molar-refractivity contribution < 1.29 is 17.9 Å². The molecule has 1 aromatic carbocycles. The van der Waals surface area contributed by atoms with E-state index in [9.17, 15) is 18.5 Å². The molecular weight excluding hydrogens is 318 g/mol. The van der Waals surface area contributed by atoms with Gasteiger partial charge in [0.1, 0.15) is 22.3 Å². The summed E-state index contributed by atoms with van der Waals surface area (Å²) >= 11 is 0. The summed E-state index contributed by atoms with van der Waals surface area (Å²) in [6, 6.07) is 8.56. The second-order valence-corrected chi connectivity index (χ2v) is 7.57. The summed E-state index contributed by atoms with van der Waals surface area (Å²) in [5, 5.41) is 12.2. The van der Waals surface area contributed by atoms with Crippen molar-refractivity contribution in [2.75, 3.05) is 11.1 Å². The van der Waals surface area contributed by atoms with Gasteiger partial charge in [-0.15, -0.1) is 0 Å². The first-order valence-corrected chi connectivity index (χ1v) is 8.53. The van der Waals surface area contributed by atoms with Crippen LogP contribution in [-0.4, -0.2) is 20.1 Å². The minimum absolute atomic E-state index is 0.133. The van der Waals surface area contributed by atoms with E-state index in [1.165, 1.54) is 0 Å². The first-order chi connectivity index (χ1) is 10.9. The molecule has 0 fully saturated rings. The second-order valence-electron chi connectivity index (χ2n) is 5.52. The molecule has 3 heterocycles. The number of sulfone groups is 1. The molecule has 116 valence electrons. The smallest absolute Gasteiger partial charge is 0.245 e. The standard InChI is InChI=1S/C15H11N3O4S/c16-7-9-13(17)22-11-5-6-23(20,21)12(11)15(9)8-3-1-2-4-10(8)18-14(15)19/h1-4H,5-6,17H2,(H,18,19)/t15-/m0/s1. The van der Waals surface area contributed by atoms with E-state index in [-0.39, 0.29) is 34.3 Å². The van der Waals surface area contributed by atoms with Gasteiger partial charge in [0.05, 0.1) is 5.75 Å². The number of hydrogen-bond donors (Lipinski definition) is 2. The molecular formula is C15H11N3O4S. The molecule has 7 nitrogen and oxygen atoms in total. The van der Waals surface area contributed by atoms with Gasteiger partial charge in [0.25, 0.3) is 0 Å². The number of para-hydroxylation sites is 1. The zero-order chi connectivity index (χ0) is 16.4. The molecule has 1 atom stereocenters. The Morgan fingerprint density at radius 3 is 2.83 bits per heavy atom. The fourth-order valence-electron chi connectivity index (χ4n) is 3.51. The lowest BCUT2D eigenvalue weighted by atomic mass is 9.73. The third kappa shape index (κ3) is 1.47. The number of rotatable bonds is 0. The lowest BCUT2D eigenvalue weighted by Crippen LogP contribution is -2.44. The molecule has 1 aromatic rings. The number of carbonyl (C=O) groups excluding carboxylic acids is 1. The van der Waals surface area contributed by atoms with Crippen molar-refractivity contribution >= 4 is 21.4 Å². The Kier molecular flexibility index (Phi) is 2.49. The number of nitrogens with one attached hydrogen (secondary N) is 1. The Morgan fingerprint density at radius 2 is 2.09 bits per heavy atom. The van der Waals surface area contributed by atoms with Crippen molar-refractivity contribution in [1.82, 2.24) is 0 Å². The van der Waals surface area contributed by atoms with Crippen LogP contribution in [0.5, 0.6) is 0 Å². The van der Waals surface area contributed by atoms with Crippen molar-refractivity contribution in [3.63, 3.8) is 0 Å². The number of nitrogens with two attached hydrogens (primary N) is 1. The minimum Gasteiger partial charge on any atom is -0.444 e. The van der Waals surface area contributed by atoms with E-state index in [4.69, 9.17) is 10.5 Å². The molecule has 3 aliphatic rings. The van der Waals surface area contributed by atoms with Crippen molar-refractivity contribution in [2.24, 2.45) is 5.73 Å². The third-order valence-electron chi connectivity index (χ3n) is 4.39. The zero-order valence-electron chi connectivity index (χ0n) is 11.8. The molecule has 3 aliphatic heterocycles. The highest BCUT2D eigenvalue weighted by atomic mass is 32.2. The number of amides is 1. The summed E-state index contributed by atoms with van der Waals surface area (Å²) in [6.07, 6.45) is 0.133. The van der Waals surface area contributed by atoms with Gasteiger partial charge in [0, 0.05) is 17.7 Å². The van der Waals surface area contributed by atoms with Gasteiger partial charge in [0.15, 0.2) is 15.3 Å². The van der Waals surface area contributed by atoms with Crippen LogP contribution in [-0.2, 0) is 24.8 Å². The average Bonchev–Trinajstić information content (AvgIpc) is 2.95. The van der Waals surface area contributed by atoms with Crippen LogP contribution in [0.3, 0.4) is 0 Å². The molecule has 0 saturated heterocycles. The SMILES string of the molecule is N#CC1=C(N)OC2=C([C@@]13C(=O)Nc1ccccc13)S(=O)(=O)CC2. The predicted molar refractivity (Wildman–Crippen MR) is 80.1 cm³/mol. The number of allylic oxidation sites excluding steroid dienone is 1. The fraction of sp³-hybridized carbons (Fsp3) is 0.200. The summed E-state index contributed by atoms with van der Waals surface area (Å²) < 4.78 is 30.5. The van der Waals surface area contributed by atoms with Gasteiger partial charge < -0.3 is 15.8 Å². The van der Waals surface area contributed by atoms with Gasteiger partial charge >= 0.3 is 0 Å². The molecule has 0 aliphatic carbocycles. The van der Waals surface area contributed by atoms with Crippen LogP contribution in [0.4, 0.5) is 5.69 Å². The number of nitrogens with zero attached hydrogens (tertiary/aromatic N) is 1. The molecule has 0 unspecified atom stereocenters. The molecule has 8 heteroatoms. The normalized spacial score (nSPS) is 27.3. The highest BCUT2D eigenvalue weighted by Crippen LogP contribution is 2.55. The lowest BCUT2D eigenvalue weighted by Gasteiger charge is -2.32. The Morgan fingerprint density at radius 1 is 1.35 bits per heavy atom. The number of hydrogen-bond acceptors (Lipinski definition) is 6. The molecule has 0 aromatic heterocycles. The highest BCUT2D eigenvalue weighted by molar-refractivity contribution is 7.95. The topological polar surface area (TPSA) is 122 Å². The van der Waals surface area contributed by atoms with E-state index >= 15 is 0 Å². The van der Waals surface area contributed by atoms with E-state index in [2.05, 4.69) is 5.32 Å². The van der Waals surface area contributed by atoms with Crippen molar-refractivity contribution in [3.8, 4) is 6.07 Å². The molecule has 1 amide bonds. The van der Waals surface area contributed by atoms with E-state index < -0.39 is 21.2 Å². The number of anilines is 1. The Bertz CT molecular complexity index is 984. The molecule has 3 N–H and O–H groups in total. The second kappa shape index (κ2) is 4.14. The minimum atomic E-state index is -3.73. The Labute approximate surface area is 132 Å². The monoisotopic (exact) mass is 329 g/mol. The quantitative estimate of drug-likeness (QED) is 0.720. The lowest BCUT2D eigenvalue weighted by molar-refractivity contribution is -0.118. The van der Waals surface area contributed by atoms with Gasteiger partial charge in [-0.2, -0.15) is 5.26 Å². The molecule has 4 rings (SSSR count). The van der Waals surface area contributed by atoms with Crippen molar-refractivity contribution in [3.05, 3.63) is 51.9 Å². The maximum absolute atomic E-state index is 12.8. The van der Waals surface area contributed by atoms with E-state index in [0.29, 0.717) is 11.3 Å². The van der Waals surface area contributed by atoms with Crippen LogP contribution in [0.15, 0.2) is 46.4 Å². The first kappa shape index (κ1) is 13.8. The van der Waals surface area contributed by atoms with Crippen molar-refractivity contribution in [2.45, 2.75) is 11.8 Å². The predicted octanol–water partition coefficient (Wildman–Crippen LogP) is 0.631. The van der Waals surface area contributed by atoms with Crippen LogP contribution in [0.2, 0.25) is 0 Å². The summed E-state index contributed by atoms with van der Waals surface area (Å²) in [7, 11) is -3.73. The maximum atomic E-state index is 12.8. The molecule has 23 heavy (non-hydrogen) atoms. The highest BCUT2D eigenvalue weighted by Gasteiger charge is 2.62. The van der Waals surface area contributed by atoms with E-state index in [1.807, 2.05) is 6.07 Å². The average molecular weight is 329 g/mol. The third-order valence-corrected chi connectivity index (χ3v) is 6.29.